The summed E-state index contributed by atoms with van der Waals surface area (Å²) in [6.45, 7) is 5.21. The van der Waals surface area contributed by atoms with Gasteiger partial charge < -0.3 is 0 Å². The van der Waals surface area contributed by atoms with Crippen LogP contribution in [0.4, 0.5) is 13.2 Å². The average Bonchev–Trinajstić information content (AvgIpc) is 2.01. The molecule has 0 atom stereocenters. The van der Waals surface area contributed by atoms with Crippen molar-refractivity contribution >= 4 is 0 Å². The lowest BCUT2D eigenvalue weighted by Gasteiger charge is -2.22. The Hall–Kier alpha value is -1.06. The Morgan fingerprint density at radius 1 is 1.14 bits per heavy atom. The monoisotopic (exact) mass is 203 g/mol. The molecule has 1 aromatic heterocycles. The topological polar surface area (TPSA) is 12.9 Å². The third-order valence-corrected chi connectivity index (χ3v) is 1.88. The summed E-state index contributed by atoms with van der Waals surface area (Å²) in [5.41, 5.74) is -1.10. The quantitative estimate of drug-likeness (QED) is 0.629. The molecule has 0 aliphatic carbocycles. The van der Waals surface area contributed by atoms with E-state index in [1.165, 1.54) is 12.1 Å². The van der Waals surface area contributed by atoms with Gasteiger partial charge in [0, 0.05) is 6.20 Å². The molecular weight excluding hydrogens is 191 g/mol. The van der Waals surface area contributed by atoms with Crippen molar-refractivity contribution in [2.45, 2.75) is 32.4 Å². The smallest absolute Gasteiger partial charge is 0.251 e. The lowest BCUT2D eigenvalue weighted by Crippen LogP contribution is -2.20. The van der Waals surface area contributed by atoms with Crippen LogP contribution in [-0.4, -0.2) is 4.98 Å². The first-order valence-electron chi connectivity index (χ1n) is 4.25. The van der Waals surface area contributed by atoms with Gasteiger partial charge in [0.25, 0.3) is 0 Å². The van der Waals surface area contributed by atoms with Gasteiger partial charge in [-0.3, -0.25) is 4.98 Å². The number of rotatable bonds is 0. The minimum absolute atomic E-state index is 0.229. The van der Waals surface area contributed by atoms with E-state index in [9.17, 15) is 13.2 Å². The molecule has 0 N–H and O–H groups in total. The molecular formula is C10H12F3N. The highest BCUT2D eigenvalue weighted by molar-refractivity contribution is 5.28. The summed E-state index contributed by atoms with van der Waals surface area (Å²) in [6, 6.07) is 2.99. The second kappa shape index (κ2) is 3.26. The summed E-state index contributed by atoms with van der Waals surface area (Å²) in [6.07, 6.45) is -3.21. The molecule has 0 saturated carbocycles. The van der Waals surface area contributed by atoms with E-state index in [4.69, 9.17) is 0 Å². The van der Waals surface area contributed by atoms with Crippen LogP contribution in [0.3, 0.4) is 0 Å². The molecule has 1 nitrogen and oxygen atoms in total. The zero-order chi connectivity index (χ0) is 11.0. The van der Waals surface area contributed by atoms with Crippen molar-refractivity contribution in [1.82, 2.24) is 4.98 Å². The fraction of sp³-hybridized carbons (Fsp3) is 0.500. The van der Waals surface area contributed by atoms with E-state index < -0.39 is 17.3 Å². The molecule has 0 unspecified atom stereocenters. The SMILES string of the molecule is CC(C)(C)c1cccnc1C(F)(F)F. The molecule has 0 aromatic carbocycles. The standard InChI is InChI=1S/C10H12F3N/c1-9(2,3)7-5-4-6-14-8(7)10(11,12)13/h4-6H,1-3H3. The molecule has 0 bridgehead atoms. The van der Waals surface area contributed by atoms with E-state index in [0.29, 0.717) is 0 Å². The first-order chi connectivity index (χ1) is 6.23. The minimum Gasteiger partial charge on any atom is -0.251 e. The lowest BCUT2D eigenvalue weighted by molar-refractivity contribution is -0.142. The van der Waals surface area contributed by atoms with E-state index in [-0.39, 0.29) is 5.56 Å². The molecule has 1 aromatic rings. The number of nitrogens with zero attached hydrogens (tertiary/aromatic N) is 1. The molecule has 0 aliphatic heterocycles. The van der Waals surface area contributed by atoms with Crippen LogP contribution in [0.25, 0.3) is 0 Å². The predicted molar refractivity (Wildman–Crippen MR) is 47.9 cm³/mol. The van der Waals surface area contributed by atoms with E-state index >= 15 is 0 Å². The summed E-state index contributed by atoms with van der Waals surface area (Å²) in [5.74, 6) is 0. The predicted octanol–water partition coefficient (Wildman–Crippen LogP) is 3.40. The molecule has 0 radical (unpaired) electrons. The van der Waals surface area contributed by atoms with Crippen LogP contribution in [-0.2, 0) is 11.6 Å². The Morgan fingerprint density at radius 3 is 2.07 bits per heavy atom. The van der Waals surface area contributed by atoms with Crippen LogP contribution in [0.5, 0.6) is 0 Å². The second-order valence-electron chi connectivity index (χ2n) is 4.15. The molecule has 0 spiro atoms. The van der Waals surface area contributed by atoms with Crippen molar-refractivity contribution < 1.29 is 13.2 Å². The maximum Gasteiger partial charge on any atom is 0.433 e. The highest BCUT2D eigenvalue weighted by atomic mass is 19.4. The van der Waals surface area contributed by atoms with E-state index in [1.54, 1.807) is 20.8 Å². The fourth-order valence-corrected chi connectivity index (χ4v) is 1.24. The molecule has 0 aliphatic rings. The maximum atomic E-state index is 12.5. The number of hydrogen-bond donors (Lipinski definition) is 0. The van der Waals surface area contributed by atoms with E-state index in [2.05, 4.69) is 4.98 Å². The third kappa shape index (κ3) is 2.25. The van der Waals surface area contributed by atoms with Crippen molar-refractivity contribution in [1.29, 1.82) is 0 Å². The van der Waals surface area contributed by atoms with Crippen molar-refractivity contribution in [3.05, 3.63) is 29.6 Å². The largest absolute Gasteiger partial charge is 0.433 e. The lowest BCUT2D eigenvalue weighted by atomic mass is 9.86. The van der Waals surface area contributed by atoms with Crippen LogP contribution in [0.2, 0.25) is 0 Å². The maximum absolute atomic E-state index is 12.5. The molecule has 0 fully saturated rings. The number of pyridine rings is 1. The summed E-state index contributed by atoms with van der Waals surface area (Å²) in [4.78, 5) is 3.39. The Labute approximate surface area is 81.0 Å². The second-order valence-corrected chi connectivity index (χ2v) is 4.15. The molecule has 1 heterocycles. The van der Waals surface area contributed by atoms with Gasteiger partial charge in [-0.2, -0.15) is 13.2 Å². The van der Waals surface area contributed by atoms with Crippen molar-refractivity contribution in [2.75, 3.05) is 0 Å². The van der Waals surface area contributed by atoms with Crippen LogP contribution < -0.4 is 0 Å². The highest BCUT2D eigenvalue weighted by Crippen LogP contribution is 2.35. The van der Waals surface area contributed by atoms with Gasteiger partial charge in [-0.25, -0.2) is 0 Å². The van der Waals surface area contributed by atoms with Gasteiger partial charge in [-0.1, -0.05) is 26.8 Å². The van der Waals surface area contributed by atoms with Gasteiger partial charge in [0.1, 0.15) is 5.69 Å². The van der Waals surface area contributed by atoms with Crippen molar-refractivity contribution in [2.24, 2.45) is 0 Å². The van der Waals surface area contributed by atoms with E-state index in [0.717, 1.165) is 6.20 Å². The molecule has 0 saturated heterocycles. The average molecular weight is 203 g/mol. The molecule has 4 heteroatoms. The Kier molecular flexibility index (Phi) is 2.56. The van der Waals surface area contributed by atoms with Gasteiger partial charge in [0.05, 0.1) is 0 Å². The third-order valence-electron chi connectivity index (χ3n) is 1.88. The molecule has 1 rings (SSSR count). The zero-order valence-electron chi connectivity index (χ0n) is 8.31. The Morgan fingerprint density at radius 2 is 1.71 bits per heavy atom. The summed E-state index contributed by atoms with van der Waals surface area (Å²) in [5, 5.41) is 0. The number of aromatic nitrogens is 1. The van der Waals surface area contributed by atoms with Crippen molar-refractivity contribution in [3.63, 3.8) is 0 Å². The number of halogens is 3. The van der Waals surface area contributed by atoms with Gasteiger partial charge in [0.2, 0.25) is 0 Å². The van der Waals surface area contributed by atoms with Crippen molar-refractivity contribution in [3.8, 4) is 0 Å². The highest BCUT2D eigenvalue weighted by Gasteiger charge is 2.37. The Balaban J connectivity index is 3.31. The van der Waals surface area contributed by atoms with Gasteiger partial charge in [-0.15, -0.1) is 0 Å². The number of alkyl halides is 3. The van der Waals surface area contributed by atoms with Crippen LogP contribution in [0, 0.1) is 0 Å². The van der Waals surface area contributed by atoms with Crippen LogP contribution in [0.15, 0.2) is 18.3 Å². The first-order valence-corrected chi connectivity index (χ1v) is 4.25. The fourth-order valence-electron chi connectivity index (χ4n) is 1.24. The van der Waals surface area contributed by atoms with Crippen LogP contribution >= 0.6 is 0 Å². The Bertz CT molecular complexity index is 290. The molecule has 14 heavy (non-hydrogen) atoms. The van der Waals surface area contributed by atoms with Crippen LogP contribution in [0.1, 0.15) is 32.0 Å². The molecule has 78 valence electrons. The number of hydrogen-bond acceptors (Lipinski definition) is 1. The van der Waals surface area contributed by atoms with Gasteiger partial charge in [-0.05, 0) is 17.0 Å². The van der Waals surface area contributed by atoms with E-state index in [1.807, 2.05) is 0 Å². The summed E-state index contributed by atoms with van der Waals surface area (Å²) >= 11 is 0. The normalized spacial score (nSPS) is 13.0. The minimum atomic E-state index is -4.37. The first kappa shape index (κ1) is 11.0. The van der Waals surface area contributed by atoms with Gasteiger partial charge in [0.15, 0.2) is 0 Å². The zero-order valence-corrected chi connectivity index (χ0v) is 8.31. The summed E-state index contributed by atoms with van der Waals surface area (Å²) in [7, 11) is 0. The summed E-state index contributed by atoms with van der Waals surface area (Å²) < 4.78 is 37.5. The van der Waals surface area contributed by atoms with Gasteiger partial charge >= 0.3 is 6.18 Å². The molecule has 0 amide bonds.